The second kappa shape index (κ2) is 16.4. The normalized spacial score (nSPS) is 23.5. The second-order valence-electron chi connectivity index (χ2n) is 13.6. The van der Waals surface area contributed by atoms with Crippen molar-refractivity contribution in [2.24, 2.45) is 35.5 Å². The largest absolute Gasteiger partial charge is 0.425 e. The van der Waals surface area contributed by atoms with Crippen LogP contribution in [-0.4, -0.2) is 55.7 Å². The lowest BCUT2D eigenvalue weighted by Crippen LogP contribution is -2.63. The van der Waals surface area contributed by atoms with Gasteiger partial charge in [-0.15, -0.1) is 0 Å². The Morgan fingerprint density at radius 1 is 0.389 bits per heavy atom. The Kier molecular flexibility index (Phi) is 15.9. The highest BCUT2D eigenvalue weighted by Gasteiger charge is 2.55. The summed E-state index contributed by atoms with van der Waals surface area (Å²) in [6.07, 6.45) is 0. The first-order chi connectivity index (χ1) is 16.6. The van der Waals surface area contributed by atoms with Gasteiger partial charge in [-0.25, -0.2) is 0 Å². The molecule has 0 aliphatic carbocycles. The summed E-state index contributed by atoms with van der Waals surface area (Å²) < 4.78 is 41.4. The minimum atomic E-state index is -2.70. The molecule has 12 heteroatoms. The quantitative estimate of drug-likeness (QED) is 0.277. The topological polar surface area (TPSA) is 55.4 Å². The molecular formula is C24H60O6Si6. The maximum atomic E-state index is 7.69. The lowest BCUT2D eigenvalue weighted by atomic mass is 10.3. The fourth-order valence-corrected chi connectivity index (χ4v) is 31.7. The van der Waals surface area contributed by atoms with Crippen molar-refractivity contribution in [3.63, 3.8) is 0 Å². The monoisotopic (exact) mass is 612 g/mol. The maximum Gasteiger partial charge on any atom is 0.321 e. The van der Waals surface area contributed by atoms with E-state index in [0.717, 1.165) is 36.3 Å². The molecule has 1 saturated heterocycles. The molecule has 0 aromatic heterocycles. The van der Waals surface area contributed by atoms with E-state index in [4.69, 9.17) is 24.7 Å². The van der Waals surface area contributed by atoms with Crippen molar-refractivity contribution >= 4 is 55.7 Å². The van der Waals surface area contributed by atoms with E-state index < -0.39 is 55.7 Å². The summed E-state index contributed by atoms with van der Waals surface area (Å²) in [5.74, 6) is 3.01. The lowest BCUT2D eigenvalue weighted by molar-refractivity contribution is 0.238. The Labute approximate surface area is 234 Å². The highest BCUT2D eigenvalue weighted by Crippen LogP contribution is 2.41. The lowest BCUT2D eigenvalue weighted by Gasteiger charge is -2.48. The molecule has 0 aromatic rings. The van der Waals surface area contributed by atoms with Crippen LogP contribution in [0.2, 0.25) is 36.3 Å². The minimum absolute atomic E-state index is 0.493. The van der Waals surface area contributed by atoms with Crippen LogP contribution in [0.3, 0.4) is 0 Å². The Morgan fingerprint density at radius 3 is 0.889 bits per heavy atom. The van der Waals surface area contributed by atoms with E-state index in [2.05, 4.69) is 83.1 Å². The predicted octanol–water partition coefficient (Wildman–Crippen LogP) is 5.36. The maximum absolute atomic E-state index is 7.69. The van der Waals surface area contributed by atoms with E-state index in [9.17, 15) is 0 Å². The molecular weight excluding hydrogens is 553 g/mol. The predicted molar refractivity (Wildman–Crippen MR) is 167 cm³/mol. The van der Waals surface area contributed by atoms with Gasteiger partial charge in [-0.2, -0.15) is 0 Å². The fraction of sp³-hybridized carbons (Fsp3) is 1.00. The molecule has 0 saturated carbocycles. The average Bonchev–Trinajstić information content (AvgIpc) is 2.62. The van der Waals surface area contributed by atoms with E-state index in [-0.39, 0.29) is 0 Å². The van der Waals surface area contributed by atoms with Crippen LogP contribution < -0.4 is 0 Å². The Balaban J connectivity index is 3.78. The first-order valence-corrected chi connectivity index (χ1v) is 24.6. The van der Waals surface area contributed by atoms with Crippen molar-refractivity contribution in [3.8, 4) is 0 Å². The summed E-state index contributed by atoms with van der Waals surface area (Å²) in [6.45, 7) is 27.7. The van der Waals surface area contributed by atoms with Gasteiger partial charge in [-0.1, -0.05) is 83.1 Å². The van der Waals surface area contributed by atoms with Crippen LogP contribution in [0.25, 0.3) is 0 Å². The van der Waals surface area contributed by atoms with Gasteiger partial charge in [0.15, 0.2) is 0 Å². The van der Waals surface area contributed by atoms with E-state index in [1.54, 1.807) is 0 Å². The van der Waals surface area contributed by atoms with Gasteiger partial charge in [0.1, 0.15) is 0 Å². The molecule has 6 nitrogen and oxygen atoms in total. The van der Waals surface area contributed by atoms with Crippen LogP contribution in [0.15, 0.2) is 0 Å². The molecule has 0 amide bonds. The molecule has 0 radical (unpaired) electrons. The van der Waals surface area contributed by atoms with Gasteiger partial charge in [-0.3, -0.25) is 0 Å². The Bertz CT molecular complexity index is 536. The Morgan fingerprint density at radius 2 is 0.639 bits per heavy atom. The van der Waals surface area contributed by atoms with Crippen molar-refractivity contribution in [1.29, 1.82) is 0 Å². The number of hydrogen-bond donors (Lipinski definition) is 0. The third kappa shape index (κ3) is 13.4. The summed E-state index contributed by atoms with van der Waals surface area (Å²) in [7, 11) is -11.2. The molecule has 1 aliphatic rings. The van der Waals surface area contributed by atoms with Crippen molar-refractivity contribution in [1.82, 2.24) is 0 Å². The first-order valence-electron chi connectivity index (χ1n) is 14.5. The van der Waals surface area contributed by atoms with Crippen molar-refractivity contribution < 1.29 is 24.7 Å². The zero-order valence-corrected chi connectivity index (χ0v) is 33.0. The van der Waals surface area contributed by atoms with Crippen LogP contribution in [-0.2, 0) is 24.7 Å². The highest BCUT2D eigenvalue weighted by atomic mass is 28.5. The highest BCUT2D eigenvalue weighted by molar-refractivity contribution is 6.88. The van der Waals surface area contributed by atoms with Crippen LogP contribution in [0, 0.1) is 35.5 Å². The van der Waals surface area contributed by atoms with E-state index in [1.807, 2.05) is 0 Å². The van der Waals surface area contributed by atoms with Gasteiger partial charge in [0.05, 0.1) is 0 Å². The van der Waals surface area contributed by atoms with Crippen molar-refractivity contribution in [3.05, 3.63) is 0 Å². The molecule has 1 rings (SSSR count). The van der Waals surface area contributed by atoms with E-state index >= 15 is 0 Å². The van der Waals surface area contributed by atoms with E-state index in [1.165, 1.54) is 0 Å². The molecule has 0 spiro atoms. The third-order valence-electron chi connectivity index (χ3n) is 6.04. The smallest absolute Gasteiger partial charge is 0.321 e. The molecule has 1 aliphatic heterocycles. The van der Waals surface area contributed by atoms with Crippen LogP contribution >= 0.6 is 0 Å². The van der Waals surface area contributed by atoms with Crippen molar-refractivity contribution in [2.75, 3.05) is 0 Å². The summed E-state index contributed by atoms with van der Waals surface area (Å²) in [5, 5.41) is 0. The molecule has 36 heavy (non-hydrogen) atoms. The summed E-state index contributed by atoms with van der Waals surface area (Å²) >= 11 is 0. The average molecular weight is 613 g/mol. The zero-order chi connectivity index (χ0) is 27.6. The molecule has 0 atom stereocenters. The van der Waals surface area contributed by atoms with Gasteiger partial charge in [0.2, 0.25) is 0 Å². The van der Waals surface area contributed by atoms with Crippen molar-refractivity contribution in [2.45, 2.75) is 119 Å². The summed E-state index contributed by atoms with van der Waals surface area (Å²) in [4.78, 5) is 0. The van der Waals surface area contributed by atoms with Gasteiger partial charge in [-0.05, 0) is 71.8 Å². The second-order valence-corrected chi connectivity index (χ2v) is 29.4. The molecule has 1 heterocycles. The molecule has 216 valence electrons. The van der Waals surface area contributed by atoms with Crippen LogP contribution in [0.5, 0.6) is 0 Å². The minimum Gasteiger partial charge on any atom is -0.425 e. The van der Waals surface area contributed by atoms with Gasteiger partial charge in [0.25, 0.3) is 30.0 Å². The molecule has 0 aromatic carbocycles. The third-order valence-corrected chi connectivity index (χ3v) is 28.4. The standard InChI is InChI=1S/C24H60O6Si6/c1-19(2)13-34(14-20(3)4)27-32-25-31-26-33-28-35(15-21(5)6,16-22(7)8)30-36(29-34,17-23(9)10)18-24(11)12/h19-24H,13-18,31-33H2,1-12H3. The van der Waals surface area contributed by atoms with Crippen LogP contribution in [0.4, 0.5) is 0 Å². The summed E-state index contributed by atoms with van der Waals surface area (Å²) in [6, 6.07) is 5.97. The number of rotatable bonds is 12. The van der Waals surface area contributed by atoms with Gasteiger partial charge < -0.3 is 24.7 Å². The molecule has 0 unspecified atom stereocenters. The first kappa shape index (κ1) is 35.1. The zero-order valence-electron chi connectivity index (χ0n) is 25.8. The van der Waals surface area contributed by atoms with Gasteiger partial charge in [0, 0.05) is 0 Å². The Hall–Kier alpha value is 1.06. The molecule has 0 N–H and O–H groups in total. The SMILES string of the molecule is CC(C)C[Si]1(CC(C)C)O[SiH2]O[SiH2]O[SiH2]O[Si](CC(C)C)(CC(C)C)O[Si](CC(C)C)(CC(C)C)O1. The molecule has 1 fully saturated rings. The summed E-state index contributed by atoms with van der Waals surface area (Å²) in [5.41, 5.74) is 0. The van der Waals surface area contributed by atoms with Crippen LogP contribution in [0.1, 0.15) is 83.1 Å². The fourth-order valence-electron chi connectivity index (χ4n) is 5.73. The molecule has 0 bridgehead atoms. The number of hydrogen-bond acceptors (Lipinski definition) is 6. The van der Waals surface area contributed by atoms with E-state index in [0.29, 0.717) is 35.5 Å². The van der Waals surface area contributed by atoms with Gasteiger partial charge >= 0.3 is 25.7 Å².